The first-order valence-corrected chi connectivity index (χ1v) is 15.0. The van der Waals surface area contributed by atoms with Crippen molar-refractivity contribution in [2.24, 2.45) is 5.73 Å². The Hall–Kier alpha value is -3.17. The lowest BCUT2D eigenvalue weighted by molar-refractivity contribution is -0.128. The molecule has 2 rings (SSSR count). The van der Waals surface area contributed by atoms with Crippen molar-refractivity contribution in [3.8, 4) is 0 Å². The molecule has 0 fully saturated rings. The van der Waals surface area contributed by atoms with Crippen LogP contribution in [-0.2, 0) is 31.8 Å². The van der Waals surface area contributed by atoms with Crippen molar-refractivity contribution in [3.05, 3.63) is 71.8 Å². The van der Waals surface area contributed by atoms with Crippen LogP contribution in [0.2, 0.25) is 18.1 Å². The molecule has 4 N–H and O–H groups in total. The first-order chi connectivity index (χ1) is 16.9. The van der Waals surface area contributed by atoms with Crippen molar-refractivity contribution in [1.82, 2.24) is 10.6 Å². The van der Waals surface area contributed by atoms with E-state index in [9.17, 15) is 14.4 Å². The number of ether oxygens (including phenoxy) is 1. The molecule has 8 nitrogen and oxygen atoms in total. The Morgan fingerprint density at radius 2 is 1.44 bits per heavy atom. The van der Waals surface area contributed by atoms with Crippen LogP contribution in [0.4, 0.5) is 4.79 Å². The second-order valence-corrected chi connectivity index (χ2v) is 15.1. The summed E-state index contributed by atoms with van der Waals surface area (Å²) in [6.45, 7) is 11.0. The van der Waals surface area contributed by atoms with Crippen LogP contribution in [0.3, 0.4) is 0 Å². The Bertz CT molecular complexity index is 993. The van der Waals surface area contributed by atoms with Gasteiger partial charge in [0.2, 0.25) is 11.8 Å². The molecule has 0 radical (unpaired) electrons. The molecule has 0 aliphatic heterocycles. The van der Waals surface area contributed by atoms with Crippen LogP contribution in [0.15, 0.2) is 60.7 Å². The van der Waals surface area contributed by atoms with Gasteiger partial charge in [0.05, 0.1) is 0 Å². The molecule has 3 amide bonds. The van der Waals surface area contributed by atoms with Crippen molar-refractivity contribution in [2.75, 3.05) is 6.61 Å². The van der Waals surface area contributed by atoms with Crippen LogP contribution in [-0.4, -0.2) is 44.9 Å². The molecular weight excluding hydrogens is 474 g/mol. The Kier molecular flexibility index (Phi) is 10.7. The monoisotopic (exact) mass is 513 g/mol. The zero-order valence-corrected chi connectivity index (χ0v) is 22.9. The molecule has 0 unspecified atom stereocenters. The van der Waals surface area contributed by atoms with E-state index in [1.165, 1.54) is 0 Å². The molecular formula is C27H39N3O5Si. The van der Waals surface area contributed by atoms with Gasteiger partial charge in [-0.15, -0.1) is 0 Å². The fourth-order valence-electron chi connectivity index (χ4n) is 3.17. The van der Waals surface area contributed by atoms with Gasteiger partial charge in [0.25, 0.3) is 0 Å². The lowest BCUT2D eigenvalue weighted by Gasteiger charge is -2.36. The summed E-state index contributed by atoms with van der Waals surface area (Å²) in [6, 6.07) is 16.6. The molecule has 0 aliphatic rings. The van der Waals surface area contributed by atoms with Gasteiger partial charge in [0.15, 0.2) is 8.32 Å². The van der Waals surface area contributed by atoms with Crippen molar-refractivity contribution in [3.63, 3.8) is 0 Å². The third kappa shape index (κ3) is 9.47. The molecule has 0 aromatic heterocycles. The highest BCUT2D eigenvalue weighted by Gasteiger charge is 2.37. The quantitative estimate of drug-likeness (QED) is 0.372. The third-order valence-corrected chi connectivity index (χ3v) is 11.0. The van der Waals surface area contributed by atoms with Gasteiger partial charge in [-0.2, -0.15) is 0 Å². The van der Waals surface area contributed by atoms with Crippen LogP contribution in [0, 0.1) is 0 Å². The molecule has 9 heteroatoms. The fourth-order valence-corrected chi connectivity index (χ4v) is 4.23. The average Bonchev–Trinajstić information content (AvgIpc) is 2.82. The van der Waals surface area contributed by atoms with Crippen LogP contribution in [0.1, 0.15) is 38.3 Å². The number of primary amides is 1. The van der Waals surface area contributed by atoms with Gasteiger partial charge in [-0.25, -0.2) is 4.79 Å². The summed E-state index contributed by atoms with van der Waals surface area (Å²) in [7, 11) is -2.02. The molecule has 0 bridgehead atoms. The molecule has 36 heavy (non-hydrogen) atoms. The molecule has 2 aromatic rings. The molecule has 2 aromatic carbocycles. The maximum absolute atomic E-state index is 13.2. The Morgan fingerprint density at radius 1 is 0.889 bits per heavy atom. The van der Waals surface area contributed by atoms with Crippen molar-refractivity contribution in [1.29, 1.82) is 0 Å². The zero-order valence-electron chi connectivity index (χ0n) is 21.9. The number of hydrogen-bond donors (Lipinski definition) is 3. The molecule has 0 aliphatic carbocycles. The first-order valence-electron chi connectivity index (χ1n) is 12.1. The topological polar surface area (TPSA) is 120 Å². The van der Waals surface area contributed by atoms with E-state index in [0.29, 0.717) is 6.61 Å². The molecule has 196 valence electrons. The van der Waals surface area contributed by atoms with E-state index in [2.05, 4.69) is 44.5 Å². The lowest BCUT2D eigenvalue weighted by atomic mass is 10.0. The minimum atomic E-state index is -2.02. The van der Waals surface area contributed by atoms with E-state index < -0.39 is 38.3 Å². The lowest BCUT2D eigenvalue weighted by Crippen LogP contribution is -2.54. The minimum Gasteiger partial charge on any atom is -0.445 e. The van der Waals surface area contributed by atoms with E-state index in [1.54, 1.807) is 0 Å². The van der Waals surface area contributed by atoms with Gasteiger partial charge in [0.1, 0.15) is 18.7 Å². The maximum atomic E-state index is 13.2. The highest BCUT2D eigenvalue weighted by Crippen LogP contribution is 2.36. The second kappa shape index (κ2) is 13.2. The molecule has 0 saturated carbocycles. The standard InChI is InChI=1S/C27H39N3O5Si/c1-27(2,3)36(4,5)35-17-16-22(24(28)31)29-25(32)23(18-20-12-8-6-9-13-20)30-26(33)34-19-21-14-10-7-11-15-21/h6-15,22-23H,16-19H2,1-5H3,(H2,28,31)(H,29,32)(H,30,33)/t22-,23+/m1/s1. The number of alkyl carbamates (subject to hydrolysis) is 1. The van der Waals surface area contributed by atoms with Gasteiger partial charge in [-0.3, -0.25) is 9.59 Å². The van der Waals surface area contributed by atoms with Gasteiger partial charge in [0, 0.05) is 13.0 Å². The van der Waals surface area contributed by atoms with Crippen LogP contribution < -0.4 is 16.4 Å². The number of carbonyl (C=O) groups excluding carboxylic acids is 3. The number of rotatable bonds is 12. The maximum Gasteiger partial charge on any atom is 0.408 e. The smallest absolute Gasteiger partial charge is 0.408 e. The molecule has 2 atom stereocenters. The Morgan fingerprint density at radius 3 is 1.97 bits per heavy atom. The van der Waals surface area contributed by atoms with Gasteiger partial charge < -0.3 is 25.5 Å². The average molecular weight is 514 g/mol. The van der Waals surface area contributed by atoms with Crippen LogP contribution in [0.5, 0.6) is 0 Å². The Balaban J connectivity index is 2.04. The Labute approximate surface area is 215 Å². The number of amides is 3. The van der Waals surface area contributed by atoms with Crippen LogP contribution in [0.25, 0.3) is 0 Å². The normalized spacial score (nSPS) is 13.4. The number of nitrogens with one attached hydrogen (secondary N) is 2. The van der Waals surface area contributed by atoms with Gasteiger partial charge in [-0.1, -0.05) is 81.4 Å². The highest BCUT2D eigenvalue weighted by molar-refractivity contribution is 6.74. The van der Waals surface area contributed by atoms with E-state index in [0.717, 1.165) is 11.1 Å². The summed E-state index contributed by atoms with van der Waals surface area (Å²) in [4.78, 5) is 37.8. The number of carbonyl (C=O) groups is 3. The summed E-state index contributed by atoms with van der Waals surface area (Å²) in [5.74, 6) is -1.18. The summed E-state index contributed by atoms with van der Waals surface area (Å²) in [5, 5.41) is 5.34. The predicted octanol–water partition coefficient (Wildman–Crippen LogP) is 3.91. The summed E-state index contributed by atoms with van der Waals surface area (Å²) >= 11 is 0. The van der Waals surface area contributed by atoms with E-state index in [-0.39, 0.29) is 24.5 Å². The molecule has 0 heterocycles. The van der Waals surface area contributed by atoms with E-state index >= 15 is 0 Å². The number of benzene rings is 2. The van der Waals surface area contributed by atoms with Crippen molar-refractivity contribution in [2.45, 2.75) is 70.4 Å². The number of nitrogens with two attached hydrogens (primary N) is 1. The van der Waals surface area contributed by atoms with Crippen molar-refractivity contribution >= 4 is 26.2 Å². The summed E-state index contributed by atoms with van der Waals surface area (Å²) in [5.41, 5.74) is 7.25. The first kappa shape index (κ1) is 29.1. The number of hydrogen-bond acceptors (Lipinski definition) is 5. The summed E-state index contributed by atoms with van der Waals surface area (Å²) in [6.07, 6.45) is -0.268. The highest BCUT2D eigenvalue weighted by atomic mass is 28.4. The zero-order chi connectivity index (χ0) is 26.8. The van der Waals surface area contributed by atoms with Crippen LogP contribution >= 0.6 is 0 Å². The van der Waals surface area contributed by atoms with Crippen molar-refractivity contribution < 1.29 is 23.5 Å². The fraction of sp³-hybridized carbons (Fsp3) is 0.444. The van der Waals surface area contributed by atoms with E-state index in [1.807, 2.05) is 60.7 Å². The van der Waals surface area contributed by atoms with E-state index in [4.69, 9.17) is 14.9 Å². The largest absolute Gasteiger partial charge is 0.445 e. The third-order valence-electron chi connectivity index (χ3n) is 6.44. The summed E-state index contributed by atoms with van der Waals surface area (Å²) < 4.78 is 11.4. The minimum absolute atomic E-state index is 0.0171. The SMILES string of the molecule is CC(C)(C)[Si](C)(C)OCC[C@@H](NC(=O)[C@H](Cc1ccccc1)NC(=O)OCc1ccccc1)C(N)=O. The second-order valence-electron chi connectivity index (χ2n) is 10.3. The molecule has 0 spiro atoms. The van der Waals surface area contributed by atoms with Gasteiger partial charge in [-0.05, 0) is 35.7 Å². The molecule has 0 saturated heterocycles. The van der Waals surface area contributed by atoms with Gasteiger partial charge >= 0.3 is 6.09 Å². The predicted molar refractivity (Wildman–Crippen MR) is 143 cm³/mol.